The Morgan fingerprint density at radius 3 is 2.75 bits per heavy atom. The van der Waals surface area contributed by atoms with Gasteiger partial charge < -0.3 is 0 Å². The summed E-state index contributed by atoms with van der Waals surface area (Å²) in [6.07, 6.45) is 4.94. The molecule has 0 aliphatic heterocycles. The molecule has 0 aromatic heterocycles. The summed E-state index contributed by atoms with van der Waals surface area (Å²) in [7, 11) is 0. The lowest BCUT2D eigenvalue weighted by Crippen LogP contribution is -1.93. The van der Waals surface area contributed by atoms with E-state index in [2.05, 4.69) is 15.9 Å². The maximum Gasteiger partial charge on any atom is 0.235 e. The van der Waals surface area contributed by atoms with E-state index < -0.39 is 0 Å². The predicted octanol–water partition coefficient (Wildman–Crippen LogP) is 2.92. The van der Waals surface area contributed by atoms with Crippen molar-refractivity contribution in [1.29, 1.82) is 0 Å². The Kier molecular flexibility index (Phi) is 2.91. The van der Waals surface area contributed by atoms with Gasteiger partial charge in [-0.1, -0.05) is 11.6 Å². The number of benzene rings is 1. The van der Waals surface area contributed by atoms with Crippen molar-refractivity contribution in [2.24, 2.45) is 0 Å². The molecule has 0 heterocycles. The molecule has 0 atom stereocenters. The molecular weight excluding hydrogens is 239 g/mol. The number of halogens is 2. The summed E-state index contributed by atoms with van der Waals surface area (Å²) in [5.41, 5.74) is 0.436. The Labute approximate surface area is 83.9 Å². The van der Waals surface area contributed by atoms with Crippen LogP contribution in [0.4, 0.5) is 0 Å². The van der Waals surface area contributed by atoms with Crippen LogP contribution in [0.15, 0.2) is 22.7 Å². The van der Waals surface area contributed by atoms with Gasteiger partial charge in [0.05, 0.1) is 5.02 Å². The Morgan fingerprint density at radius 2 is 2.25 bits per heavy atom. The molecule has 0 unspecified atom stereocenters. The highest BCUT2D eigenvalue weighted by Gasteiger charge is 2.03. The zero-order chi connectivity index (χ0) is 9.14. The number of carbonyl (C=O) groups excluding carboxylic acids is 1. The molecule has 0 aliphatic carbocycles. The molecule has 60 valence electrons. The minimum atomic E-state index is -0.357. The standard InChI is InChI=1S/C9H4BrClO/c1-2-9(12)6-3-4-7(10)8(11)5-6/h1,3-5H. The van der Waals surface area contributed by atoms with Crippen molar-refractivity contribution in [2.45, 2.75) is 0 Å². The van der Waals surface area contributed by atoms with Crippen LogP contribution in [0.2, 0.25) is 5.02 Å². The van der Waals surface area contributed by atoms with Crippen LogP contribution < -0.4 is 0 Å². The molecule has 12 heavy (non-hydrogen) atoms. The van der Waals surface area contributed by atoms with Crippen LogP contribution in [-0.2, 0) is 0 Å². The number of ketones is 1. The fourth-order valence-electron chi connectivity index (χ4n) is 0.721. The van der Waals surface area contributed by atoms with Crippen LogP contribution in [0.3, 0.4) is 0 Å². The quantitative estimate of drug-likeness (QED) is 0.421. The third kappa shape index (κ3) is 1.88. The number of carbonyl (C=O) groups is 1. The first-order chi connectivity index (χ1) is 5.65. The summed E-state index contributed by atoms with van der Waals surface area (Å²) in [6, 6.07) is 4.85. The average Bonchev–Trinajstić information content (AvgIpc) is 2.08. The lowest BCUT2D eigenvalue weighted by atomic mass is 10.1. The first-order valence-electron chi connectivity index (χ1n) is 3.11. The summed E-state index contributed by atoms with van der Waals surface area (Å²) in [6.45, 7) is 0. The minimum absolute atomic E-state index is 0.357. The van der Waals surface area contributed by atoms with Crippen LogP contribution in [0, 0.1) is 12.3 Å². The number of hydrogen-bond acceptors (Lipinski definition) is 1. The zero-order valence-corrected chi connectivity index (χ0v) is 8.32. The van der Waals surface area contributed by atoms with E-state index in [-0.39, 0.29) is 5.78 Å². The first-order valence-corrected chi connectivity index (χ1v) is 4.28. The van der Waals surface area contributed by atoms with E-state index in [0.717, 1.165) is 4.47 Å². The van der Waals surface area contributed by atoms with Crippen molar-refractivity contribution in [1.82, 2.24) is 0 Å². The van der Waals surface area contributed by atoms with Gasteiger partial charge in [-0.05, 0) is 40.0 Å². The van der Waals surface area contributed by atoms with E-state index in [1.807, 2.05) is 5.92 Å². The van der Waals surface area contributed by atoms with Gasteiger partial charge in [-0.25, -0.2) is 0 Å². The van der Waals surface area contributed by atoms with Gasteiger partial charge in [0.2, 0.25) is 5.78 Å². The van der Waals surface area contributed by atoms with Crippen molar-refractivity contribution >= 4 is 33.3 Å². The minimum Gasteiger partial charge on any atom is -0.279 e. The van der Waals surface area contributed by atoms with Crippen LogP contribution in [0.5, 0.6) is 0 Å². The van der Waals surface area contributed by atoms with Crippen LogP contribution in [-0.4, -0.2) is 5.78 Å². The Balaban J connectivity index is 3.15. The Morgan fingerprint density at radius 1 is 1.58 bits per heavy atom. The molecule has 1 aromatic rings. The van der Waals surface area contributed by atoms with E-state index in [0.29, 0.717) is 10.6 Å². The van der Waals surface area contributed by atoms with Crippen molar-refractivity contribution in [2.75, 3.05) is 0 Å². The number of hydrogen-bond donors (Lipinski definition) is 0. The fourth-order valence-corrected chi connectivity index (χ4v) is 1.15. The Hall–Kier alpha value is -0.780. The largest absolute Gasteiger partial charge is 0.279 e. The van der Waals surface area contributed by atoms with Crippen molar-refractivity contribution in [3.05, 3.63) is 33.3 Å². The van der Waals surface area contributed by atoms with Gasteiger partial charge in [0.15, 0.2) is 0 Å². The molecule has 0 saturated carbocycles. The van der Waals surface area contributed by atoms with Gasteiger partial charge in [0.1, 0.15) is 0 Å². The predicted molar refractivity (Wildman–Crippen MR) is 52.3 cm³/mol. The van der Waals surface area contributed by atoms with E-state index in [1.54, 1.807) is 12.1 Å². The second-order valence-corrected chi connectivity index (χ2v) is 3.36. The lowest BCUT2D eigenvalue weighted by molar-refractivity contribution is 0.105. The molecule has 1 aromatic carbocycles. The van der Waals surface area contributed by atoms with Gasteiger partial charge in [-0.2, -0.15) is 0 Å². The molecule has 0 radical (unpaired) electrons. The van der Waals surface area contributed by atoms with Gasteiger partial charge in [-0.15, -0.1) is 6.42 Å². The maximum absolute atomic E-state index is 11.0. The van der Waals surface area contributed by atoms with E-state index in [9.17, 15) is 4.79 Å². The molecule has 0 N–H and O–H groups in total. The van der Waals surface area contributed by atoms with E-state index >= 15 is 0 Å². The smallest absolute Gasteiger partial charge is 0.235 e. The third-order valence-electron chi connectivity index (χ3n) is 1.31. The second kappa shape index (κ2) is 3.75. The summed E-state index contributed by atoms with van der Waals surface area (Å²) in [5, 5.41) is 0.483. The first kappa shape index (κ1) is 9.31. The molecule has 0 fully saturated rings. The molecule has 0 aliphatic rings. The Bertz CT molecular complexity index is 365. The molecular formula is C9H4BrClO. The number of terminal acetylenes is 1. The second-order valence-electron chi connectivity index (χ2n) is 2.10. The van der Waals surface area contributed by atoms with Gasteiger partial charge in [0, 0.05) is 10.0 Å². The molecule has 0 saturated heterocycles. The van der Waals surface area contributed by atoms with Gasteiger partial charge >= 0.3 is 0 Å². The molecule has 0 amide bonds. The summed E-state index contributed by atoms with van der Waals surface area (Å²) in [4.78, 5) is 11.0. The van der Waals surface area contributed by atoms with Gasteiger partial charge in [0.25, 0.3) is 0 Å². The molecule has 3 heteroatoms. The monoisotopic (exact) mass is 242 g/mol. The van der Waals surface area contributed by atoms with Crippen LogP contribution in [0.1, 0.15) is 10.4 Å². The topological polar surface area (TPSA) is 17.1 Å². The van der Waals surface area contributed by atoms with E-state index in [1.165, 1.54) is 6.07 Å². The summed E-state index contributed by atoms with van der Waals surface area (Å²) in [5.74, 6) is 1.66. The molecule has 0 spiro atoms. The van der Waals surface area contributed by atoms with Crippen molar-refractivity contribution < 1.29 is 4.79 Å². The van der Waals surface area contributed by atoms with Crippen molar-refractivity contribution in [3.63, 3.8) is 0 Å². The summed E-state index contributed by atoms with van der Waals surface area (Å²) >= 11 is 8.95. The number of rotatable bonds is 1. The molecule has 0 bridgehead atoms. The normalized spacial score (nSPS) is 9.08. The van der Waals surface area contributed by atoms with Crippen LogP contribution in [0.25, 0.3) is 0 Å². The van der Waals surface area contributed by atoms with Crippen LogP contribution >= 0.6 is 27.5 Å². The van der Waals surface area contributed by atoms with E-state index in [4.69, 9.17) is 18.0 Å². The van der Waals surface area contributed by atoms with Gasteiger partial charge in [-0.3, -0.25) is 4.79 Å². The summed E-state index contributed by atoms with van der Waals surface area (Å²) < 4.78 is 0.748. The third-order valence-corrected chi connectivity index (χ3v) is 2.55. The highest BCUT2D eigenvalue weighted by atomic mass is 79.9. The SMILES string of the molecule is C#CC(=O)c1ccc(Br)c(Cl)c1. The molecule has 1 rings (SSSR count). The zero-order valence-electron chi connectivity index (χ0n) is 5.97. The highest BCUT2D eigenvalue weighted by molar-refractivity contribution is 9.10. The fraction of sp³-hybridized carbons (Fsp3) is 0. The number of Topliss-reactive ketones (excluding diaryl/α,β-unsaturated/α-hetero) is 1. The van der Waals surface area contributed by atoms with Crippen molar-refractivity contribution in [3.8, 4) is 12.3 Å². The maximum atomic E-state index is 11.0. The lowest BCUT2D eigenvalue weighted by Gasteiger charge is -1.97. The molecule has 1 nitrogen and oxygen atoms in total. The average molecular weight is 243 g/mol. The highest BCUT2D eigenvalue weighted by Crippen LogP contribution is 2.23.